The van der Waals surface area contributed by atoms with Crippen LogP contribution in [-0.2, 0) is 13.6 Å². The van der Waals surface area contributed by atoms with E-state index in [4.69, 9.17) is 10.8 Å². The molecular formula is C13H16N4O2. The minimum Gasteiger partial charge on any atom is -0.478 e. The number of carbonyl (C=O) groups is 1. The third kappa shape index (κ3) is 2.52. The minimum absolute atomic E-state index is 0.115. The van der Waals surface area contributed by atoms with Crippen molar-refractivity contribution in [3.05, 3.63) is 42.0 Å². The van der Waals surface area contributed by atoms with E-state index in [1.54, 1.807) is 18.3 Å². The van der Waals surface area contributed by atoms with E-state index in [2.05, 4.69) is 4.98 Å². The number of nitrogens with zero attached hydrogens (tertiary/aromatic N) is 3. The summed E-state index contributed by atoms with van der Waals surface area (Å²) in [4.78, 5) is 17.2. The first-order valence-electron chi connectivity index (χ1n) is 5.80. The zero-order valence-corrected chi connectivity index (χ0v) is 10.9. The maximum absolute atomic E-state index is 11.1. The molecule has 1 heterocycles. The van der Waals surface area contributed by atoms with Crippen LogP contribution in [0.4, 0.5) is 11.4 Å². The Hall–Kier alpha value is -2.50. The highest BCUT2D eigenvalue weighted by atomic mass is 16.4. The molecule has 0 unspecified atom stereocenters. The molecule has 0 saturated heterocycles. The number of carboxylic acids is 1. The lowest BCUT2D eigenvalue weighted by atomic mass is 10.1. The van der Waals surface area contributed by atoms with Crippen molar-refractivity contribution in [1.82, 2.24) is 9.55 Å². The second kappa shape index (κ2) is 5.01. The summed E-state index contributed by atoms with van der Waals surface area (Å²) in [6, 6.07) is 4.98. The van der Waals surface area contributed by atoms with E-state index < -0.39 is 5.97 Å². The summed E-state index contributed by atoms with van der Waals surface area (Å²) in [5, 5.41) is 9.06. The Balaban J connectivity index is 2.29. The van der Waals surface area contributed by atoms with Gasteiger partial charge >= 0.3 is 5.97 Å². The number of para-hydroxylation sites is 1. The number of aryl methyl sites for hydroxylation is 1. The van der Waals surface area contributed by atoms with Crippen LogP contribution in [0.1, 0.15) is 16.2 Å². The Labute approximate surface area is 111 Å². The largest absolute Gasteiger partial charge is 0.478 e. The molecule has 6 heteroatoms. The van der Waals surface area contributed by atoms with Crippen molar-refractivity contribution in [2.24, 2.45) is 7.05 Å². The topological polar surface area (TPSA) is 84.4 Å². The molecule has 0 saturated carbocycles. The summed E-state index contributed by atoms with van der Waals surface area (Å²) in [6.07, 6.45) is 3.58. The SMILES string of the molecule is CN(Cc1nccn1C)c1cccc(C(=O)O)c1N. The van der Waals surface area contributed by atoms with E-state index in [1.165, 1.54) is 6.07 Å². The van der Waals surface area contributed by atoms with E-state index in [1.807, 2.05) is 29.8 Å². The van der Waals surface area contributed by atoms with E-state index in [-0.39, 0.29) is 11.3 Å². The molecule has 0 fully saturated rings. The standard InChI is InChI=1S/C13H16N4O2/c1-16-7-6-15-11(16)8-17(2)10-5-3-4-9(12(10)14)13(18)19/h3-7H,8,14H2,1-2H3,(H,18,19). The van der Waals surface area contributed by atoms with E-state index in [0.29, 0.717) is 12.2 Å². The maximum Gasteiger partial charge on any atom is 0.337 e. The van der Waals surface area contributed by atoms with Gasteiger partial charge in [0.05, 0.1) is 23.5 Å². The molecule has 0 bridgehead atoms. The normalized spacial score (nSPS) is 10.4. The lowest BCUT2D eigenvalue weighted by Gasteiger charge is -2.21. The second-order valence-corrected chi connectivity index (χ2v) is 4.35. The van der Waals surface area contributed by atoms with E-state index >= 15 is 0 Å². The Morgan fingerprint density at radius 3 is 2.84 bits per heavy atom. The number of nitrogen functional groups attached to an aromatic ring is 1. The van der Waals surface area contributed by atoms with E-state index in [0.717, 1.165) is 5.82 Å². The van der Waals surface area contributed by atoms with Crippen molar-refractivity contribution < 1.29 is 9.90 Å². The lowest BCUT2D eigenvalue weighted by Crippen LogP contribution is -2.21. The summed E-state index contributed by atoms with van der Waals surface area (Å²) >= 11 is 0. The quantitative estimate of drug-likeness (QED) is 0.810. The van der Waals surface area contributed by atoms with Crippen LogP contribution in [0.5, 0.6) is 0 Å². The molecule has 0 aliphatic heterocycles. The number of anilines is 2. The van der Waals surface area contributed by atoms with Gasteiger partial charge in [-0.3, -0.25) is 0 Å². The van der Waals surface area contributed by atoms with Gasteiger partial charge in [0.2, 0.25) is 0 Å². The molecular weight excluding hydrogens is 244 g/mol. The zero-order chi connectivity index (χ0) is 14.0. The molecule has 0 aliphatic carbocycles. The van der Waals surface area contributed by atoms with Crippen molar-refractivity contribution >= 4 is 17.3 Å². The Morgan fingerprint density at radius 2 is 2.26 bits per heavy atom. The molecule has 0 atom stereocenters. The molecule has 2 rings (SSSR count). The van der Waals surface area contributed by atoms with Crippen LogP contribution in [-0.4, -0.2) is 27.7 Å². The number of carboxylic acid groups (broad SMARTS) is 1. The van der Waals surface area contributed by atoms with Gasteiger partial charge in [0.25, 0.3) is 0 Å². The van der Waals surface area contributed by atoms with Gasteiger partial charge in [-0.1, -0.05) is 6.07 Å². The second-order valence-electron chi connectivity index (χ2n) is 4.35. The van der Waals surface area contributed by atoms with Gasteiger partial charge in [0.15, 0.2) is 0 Å². The van der Waals surface area contributed by atoms with E-state index in [9.17, 15) is 4.79 Å². The smallest absolute Gasteiger partial charge is 0.337 e. The van der Waals surface area contributed by atoms with Gasteiger partial charge in [0, 0.05) is 26.5 Å². The fourth-order valence-corrected chi connectivity index (χ4v) is 1.92. The number of benzene rings is 1. The predicted molar refractivity (Wildman–Crippen MR) is 73.1 cm³/mol. The average Bonchev–Trinajstić information content (AvgIpc) is 2.74. The number of rotatable bonds is 4. The van der Waals surface area contributed by atoms with Gasteiger partial charge < -0.3 is 20.3 Å². The predicted octanol–water partition coefficient (Wildman–Crippen LogP) is 1.34. The third-order valence-corrected chi connectivity index (χ3v) is 3.02. The fraction of sp³-hybridized carbons (Fsp3) is 0.231. The highest BCUT2D eigenvalue weighted by Crippen LogP contribution is 2.26. The molecule has 0 spiro atoms. The number of hydrogen-bond donors (Lipinski definition) is 2. The molecule has 1 aromatic heterocycles. The third-order valence-electron chi connectivity index (χ3n) is 3.02. The maximum atomic E-state index is 11.1. The molecule has 2 aromatic rings. The number of nitrogens with two attached hydrogens (primary N) is 1. The number of hydrogen-bond acceptors (Lipinski definition) is 4. The molecule has 6 nitrogen and oxygen atoms in total. The first-order valence-corrected chi connectivity index (χ1v) is 5.80. The zero-order valence-electron chi connectivity index (χ0n) is 10.9. The molecule has 0 radical (unpaired) electrons. The van der Waals surface area contributed by atoms with Gasteiger partial charge in [0.1, 0.15) is 5.82 Å². The van der Waals surface area contributed by atoms with Crippen molar-refractivity contribution in [3.63, 3.8) is 0 Å². The van der Waals surface area contributed by atoms with Crippen molar-refractivity contribution in [2.75, 3.05) is 17.7 Å². The van der Waals surface area contributed by atoms with Crippen LogP contribution in [0.15, 0.2) is 30.6 Å². The van der Waals surface area contributed by atoms with Crippen molar-refractivity contribution in [3.8, 4) is 0 Å². The van der Waals surface area contributed by atoms with Crippen LogP contribution in [0.2, 0.25) is 0 Å². The molecule has 3 N–H and O–H groups in total. The van der Waals surface area contributed by atoms with Crippen molar-refractivity contribution in [2.45, 2.75) is 6.54 Å². The van der Waals surface area contributed by atoms with Crippen LogP contribution in [0, 0.1) is 0 Å². The summed E-state index contributed by atoms with van der Waals surface area (Å²) in [5.41, 5.74) is 6.97. The Kier molecular flexibility index (Phi) is 3.41. The highest BCUT2D eigenvalue weighted by molar-refractivity contribution is 5.97. The summed E-state index contributed by atoms with van der Waals surface area (Å²) < 4.78 is 1.91. The number of imidazole rings is 1. The lowest BCUT2D eigenvalue weighted by molar-refractivity contribution is 0.0698. The first-order chi connectivity index (χ1) is 9.00. The van der Waals surface area contributed by atoms with Gasteiger partial charge in [-0.05, 0) is 12.1 Å². The summed E-state index contributed by atoms with van der Waals surface area (Å²) in [5.74, 6) is -0.146. The van der Waals surface area contributed by atoms with Gasteiger partial charge in [-0.15, -0.1) is 0 Å². The molecule has 0 amide bonds. The Morgan fingerprint density at radius 1 is 1.53 bits per heavy atom. The molecule has 1 aromatic carbocycles. The fourth-order valence-electron chi connectivity index (χ4n) is 1.92. The van der Waals surface area contributed by atoms with Gasteiger partial charge in [-0.2, -0.15) is 0 Å². The number of aromatic carboxylic acids is 1. The first kappa shape index (κ1) is 12.9. The minimum atomic E-state index is -1.02. The molecule has 19 heavy (non-hydrogen) atoms. The molecule has 100 valence electrons. The van der Waals surface area contributed by atoms with Crippen LogP contribution >= 0.6 is 0 Å². The summed E-state index contributed by atoms with van der Waals surface area (Å²) in [6.45, 7) is 0.552. The monoisotopic (exact) mass is 260 g/mol. The molecule has 0 aliphatic rings. The number of aromatic nitrogens is 2. The average molecular weight is 260 g/mol. The van der Waals surface area contributed by atoms with Crippen LogP contribution in [0.3, 0.4) is 0 Å². The summed E-state index contributed by atoms with van der Waals surface area (Å²) in [7, 11) is 3.76. The van der Waals surface area contributed by atoms with Gasteiger partial charge in [-0.25, -0.2) is 9.78 Å². The van der Waals surface area contributed by atoms with Crippen LogP contribution < -0.4 is 10.6 Å². The Bertz CT molecular complexity index is 606. The van der Waals surface area contributed by atoms with Crippen molar-refractivity contribution in [1.29, 1.82) is 0 Å². The van der Waals surface area contributed by atoms with Crippen LogP contribution in [0.25, 0.3) is 0 Å². The highest BCUT2D eigenvalue weighted by Gasteiger charge is 2.14.